The van der Waals surface area contributed by atoms with Gasteiger partial charge in [0.25, 0.3) is 0 Å². The minimum atomic E-state index is -0.498. The molecule has 0 radical (unpaired) electrons. The standard InChI is InChI=1S/C25H34FNO2/c1-2-3-4-5-18-6-8-19(9-7-18)20-10-12-21(13-11-20)25(28)29-24-15-14-23(26)16-22(24)17-27/h14-16,18-21H,2-13H2,1H3/t18-,19-,20-,21-. The molecule has 0 spiro atoms. The number of rotatable bonds is 7. The Morgan fingerprint density at radius 3 is 2.34 bits per heavy atom. The molecule has 0 atom stereocenters. The van der Waals surface area contributed by atoms with Crippen LogP contribution in [0.4, 0.5) is 4.39 Å². The van der Waals surface area contributed by atoms with Crippen molar-refractivity contribution in [2.75, 3.05) is 0 Å². The quantitative estimate of drug-likeness (QED) is 0.288. The Bertz CT molecular complexity index is 710. The van der Waals surface area contributed by atoms with Crippen LogP contribution in [-0.4, -0.2) is 5.97 Å². The first kappa shape index (κ1) is 21.8. The number of esters is 1. The third-order valence-corrected chi connectivity index (χ3v) is 7.15. The summed E-state index contributed by atoms with van der Waals surface area (Å²) in [5.41, 5.74) is 0.0720. The lowest BCUT2D eigenvalue weighted by Gasteiger charge is -2.37. The molecule has 0 aromatic heterocycles. The molecule has 4 heteroatoms. The Kier molecular flexibility index (Phi) is 8.09. The van der Waals surface area contributed by atoms with Crippen molar-refractivity contribution in [1.82, 2.24) is 0 Å². The van der Waals surface area contributed by atoms with Crippen LogP contribution in [0.25, 0.3) is 0 Å². The summed E-state index contributed by atoms with van der Waals surface area (Å²) < 4.78 is 18.7. The van der Waals surface area contributed by atoms with E-state index in [-0.39, 0.29) is 23.2 Å². The predicted octanol–water partition coefficient (Wildman–Crippen LogP) is 6.80. The summed E-state index contributed by atoms with van der Waals surface area (Å²) >= 11 is 0. The molecule has 2 saturated carbocycles. The van der Waals surface area contributed by atoms with Crippen molar-refractivity contribution < 1.29 is 13.9 Å². The van der Waals surface area contributed by atoms with Crippen LogP contribution in [-0.2, 0) is 4.79 Å². The van der Waals surface area contributed by atoms with Crippen LogP contribution in [0.2, 0.25) is 0 Å². The molecule has 2 fully saturated rings. The first-order valence-electron chi connectivity index (χ1n) is 11.5. The first-order chi connectivity index (χ1) is 14.1. The summed E-state index contributed by atoms with van der Waals surface area (Å²) in [6.45, 7) is 2.27. The molecule has 2 aliphatic carbocycles. The van der Waals surface area contributed by atoms with Crippen LogP contribution < -0.4 is 4.74 Å². The summed E-state index contributed by atoms with van der Waals surface area (Å²) in [5.74, 6) is 1.81. The number of carbonyl (C=O) groups is 1. The van der Waals surface area contributed by atoms with Gasteiger partial charge in [-0.3, -0.25) is 4.79 Å². The summed E-state index contributed by atoms with van der Waals surface area (Å²) in [7, 11) is 0. The van der Waals surface area contributed by atoms with Crippen LogP contribution in [0.1, 0.15) is 89.5 Å². The molecule has 0 amide bonds. The molecule has 158 valence electrons. The molecule has 0 heterocycles. The maximum absolute atomic E-state index is 13.3. The average Bonchev–Trinajstić information content (AvgIpc) is 2.75. The van der Waals surface area contributed by atoms with Crippen LogP contribution in [0.3, 0.4) is 0 Å². The molecule has 0 N–H and O–H groups in total. The van der Waals surface area contributed by atoms with Crippen molar-refractivity contribution in [3.8, 4) is 11.8 Å². The topological polar surface area (TPSA) is 50.1 Å². The number of halogens is 1. The van der Waals surface area contributed by atoms with E-state index in [1.165, 1.54) is 63.5 Å². The fourth-order valence-electron chi connectivity index (χ4n) is 5.33. The number of unbranched alkanes of at least 4 members (excludes halogenated alkanes) is 2. The molecule has 0 unspecified atom stereocenters. The number of nitrogens with zero attached hydrogens (tertiary/aromatic N) is 1. The Morgan fingerprint density at radius 2 is 1.72 bits per heavy atom. The van der Waals surface area contributed by atoms with Crippen LogP contribution in [0.5, 0.6) is 5.75 Å². The fourth-order valence-corrected chi connectivity index (χ4v) is 5.33. The van der Waals surface area contributed by atoms with E-state index < -0.39 is 5.82 Å². The highest BCUT2D eigenvalue weighted by Crippen LogP contribution is 2.42. The van der Waals surface area contributed by atoms with Crippen LogP contribution in [0.15, 0.2) is 18.2 Å². The van der Waals surface area contributed by atoms with Gasteiger partial charge in [-0.25, -0.2) is 4.39 Å². The van der Waals surface area contributed by atoms with Gasteiger partial charge in [0.05, 0.1) is 11.5 Å². The van der Waals surface area contributed by atoms with Gasteiger partial charge in [0.15, 0.2) is 0 Å². The minimum Gasteiger partial charge on any atom is -0.425 e. The zero-order valence-corrected chi connectivity index (χ0v) is 17.7. The van der Waals surface area contributed by atoms with Gasteiger partial charge < -0.3 is 4.74 Å². The lowest BCUT2D eigenvalue weighted by molar-refractivity contribution is -0.140. The highest BCUT2D eigenvalue weighted by molar-refractivity contribution is 5.76. The maximum atomic E-state index is 13.3. The molecular formula is C25H34FNO2. The highest BCUT2D eigenvalue weighted by Gasteiger charge is 2.33. The third-order valence-electron chi connectivity index (χ3n) is 7.15. The molecule has 0 aliphatic heterocycles. The van der Waals surface area contributed by atoms with Crippen molar-refractivity contribution >= 4 is 5.97 Å². The molecule has 0 bridgehead atoms. The molecule has 1 aromatic rings. The average molecular weight is 400 g/mol. The van der Waals surface area contributed by atoms with E-state index in [9.17, 15) is 9.18 Å². The lowest BCUT2D eigenvalue weighted by atomic mass is 9.68. The summed E-state index contributed by atoms with van der Waals surface area (Å²) in [4.78, 5) is 12.5. The molecule has 1 aromatic carbocycles. The third kappa shape index (κ3) is 6.04. The summed E-state index contributed by atoms with van der Waals surface area (Å²) in [6.07, 6.45) is 14.9. The second-order valence-electron chi connectivity index (χ2n) is 9.06. The molecule has 29 heavy (non-hydrogen) atoms. The van der Waals surface area contributed by atoms with Gasteiger partial charge in [-0.15, -0.1) is 0 Å². The van der Waals surface area contributed by atoms with E-state index >= 15 is 0 Å². The SMILES string of the molecule is CCCCC[C@H]1CC[C@H]([C@H]2CC[C@H](C(=O)Oc3ccc(F)cc3C#N)CC2)CC1. The largest absolute Gasteiger partial charge is 0.425 e. The number of hydrogen-bond acceptors (Lipinski definition) is 3. The van der Waals surface area contributed by atoms with E-state index in [4.69, 9.17) is 10.00 Å². The summed E-state index contributed by atoms with van der Waals surface area (Å²) in [6, 6.07) is 5.60. The Morgan fingerprint density at radius 1 is 1.07 bits per heavy atom. The minimum absolute atomic E-state index is 0.0720. The predicted molar refractivity (Wildman–Crippen MR) is 112 cm³/mol. The highest BCUT2D eigenvalue weighted by atomic mass is 19.1. The van der Waals surface area contributed by atoms with Gasteiger partial charge in [-0.05, 0) is 74.5 Å². The van der Waals surface area contributed by atoms with Crippen molar-refractivity contribution in [2.24, 2.45) is 23.7 Å². The lowest BCUT2D eigenvalue weighted by Crippen LogP contribution is -2.30. The van der Waals surface area contributed by atoms with Gasteiger partial charge in [0.2, 0.25) is 0 Å². The molecule has 2 aliphatic rings. The zero-order valence-electron chi connectivity index (χ0n) is 17.7. The number of ether oxygens (including phenoxy) is 1. The smallest absolute Gasteiger partial charge is 0.314 e. The van der Waals surface area contributed by atoms with Crippen molar-refractivity contribution in [3.05, 3.63) is 29.6 Å². The Hall–Kier alpha value is -1.89. The van der Waals surface area contributed by atoms with E-state index in [1.807, 2.05) is 6.07 Å². The molecule has 3 nitrogen and oxygen atoms in total. The van der Waals surface area contributed by atoms with Crippen molar-refractivity contribution in [1.29, 1.82) is 5.26 Å². The number of nitriles is 1. The van der Waals surface area contributed by atoms with Gasteiger partial charge in [-0.1, -0.05) is 45.4 Å². The van der Waals surface area contributed by atoms with Crippen molar-refractivity contribution in [3.63, 3.8) is 0 Å². The number of benzene rings is 1. The van der Waals surface area contributed by atoms with Gasteiger partial charge >= 0.3 is 5.97 Å². The monoisotopic (exact) mass is 399 g/mol. The first-order valence-corrected chi connectivity index (χ1v) is 11.5. The second kappa shape index (κ2) is 10.8. The number of hydrogen-bond donors (Lipinski definition) is 0. The fraction of sp³-hybridized carbons (Fsp3) is 0.680. The molecule has 3 rings (SSSR count). The molecular weight excluding hydrogens is 365 g/mol. The summed E-state index contributed by atoms with van der Waals surface area (Å²) in [5, 5.41) is 9.12. The Labute approximate surface area is 174 Å². The van der Waals surface area contributed by atoms with E-state index in [1.54, 1.807) is 0 Å². The van der Waals surface area contributed by atoms with E-state index in [0.29, 0.717) is 0 Å². The van der Waals surface area contributed by atoms with Crippen molar-refractivity contribution in [2.45, 2.75) is 84.0 Å². The Balaban J connectivity index is 1.43. The van der Waals surface area contributed by atoms with Gasteiger partial charge in [-0.2, -0.15) is 5.26 Å². The van der Waals surface area contributed by atoms with E-state index in [2.05, 4.69) is 6.92 Å². The van der Waals surface area contributed by atoms with Crippen LogP contribution >= 0.6 is 0 Å². The zero-order chi connectivity index (χ0) is 20.6. The van der Waals surface area contributed by atoms with Gasteiger partial charge in [0.1, 0.15) is 17.6 Å². The number of carbonyl (C=O) groups excluding carboxylic acids is 1. The van der Waals surface area contributed by atoms with E-state index in [0.717, 1.165) is 49.5 Å². The van der Waals surface area contributed by atoms with Gasteiger partial charge in [0, 0.05) is 0 Å². The van der Waals surface area contributed by atoms with Crippen LogP contribution in [0, 0.1) is 40.8 Å². The maximum Gasteiger partial charge on any atom is 0.314 e. The normalized spacial score (nSPS) is 27.2. The molecule has 0 saturated heterocycles. The second-order valence-corrected chi connectivity index (χ2v) is 9.06.